The van der Waals surface area contributed by atoms with E-state index in [1.165, 1.54) is 19.3 Å². The van der Waals surface area contributed by atoms with E-state index in [9.17, 15) is 9.59 Å². The van der Waals surface area contributed by atoms with Crippen LogP contribution in [-0.2, 0) is 28.5 Å². The molecule has 3 fully saturated rings. The third-order valence-electron chi connectivity index (χ3n) is 8.49. The first-order valence-corrected chi connectivity index (χ1v) is 12.2. The monoisotopic (exact) mass is 452 g/mol. The van der Waals surface area contributed by atoms with Crippen LogP contribution in [0, 0.1) is 17.8 Å². The minimum atomic E-state index is -1.48. The molecule has 2 heterocycles. The molecule has 0 radical (unpaired) electrons. The van der Waals surface area contributed by atoms with Gasteiger partial charge in [0.1, 0.15) is 11.9 Å². The Hall–Kier alpha value is -0.950. The van der Waals surface area contributed by atoms with Crippen LogP contribution in [0.1, 0.15) is 58.3 Å². The van der Waals surface area contributed by atoms with Crippen LogP contribution in [0.5, 0.6) is 0 Å². The number of rotatable bonds is 3. The van der Waals surface area contributed by atoms with Crippen molar-refractivity contribution in [1.82, 2.24) is 0 Å². The van der Waals surface area contributed by atoms with Gasteiger partial charge in [0.05, 0.1) is 29.6 Å². The highest BCUT2D eigenvalue weighted by atomic mass is 35.5. The van der Waals surface area contributed by atoms with E-state index in [0.29, 0.717) is 30.8 Å². The summed E-state index contributed by atoms with van der Waals surface area (Å²) in [6, 6.07) is 0. The van der Waals surface area contributed by atoms with Gasteiger partial charge in [0.15, 0.2) is 11.4 Å². The van der Waals surface area contributed by atoms with Gasteiger partial charge < -0.3 is 18.9 Å². The number of carbonyl (C=O) groups excluding carboxylic acids is 2. The number of methoxy groups -OCH3 is 2. The molecule has 1 spiro atoms. The maximum atomic E-state index is 13.9. The third kappa shape index (κ3) is 3.16. The zero-order valence-corrected chi connectivity index (χ0v) is 19.4. The highest BCUT2D eigenvalue weighted by Crippen LogP contribution is 2.53. The Kier molecular flexibility index (Phi) is 5.73. The first kappa shape index (κ1) is 21.9. The first-order valence-electron chi connectivity index (χ1n) is 11.8. The highest BCUT2D eigenvalue weighted by Gasteiger charge is 2.68. The normalized spacial score (nSPS) is 45.7. The van der Waals surface area contributed by atoms with E-state index in [-0.39, 0.29) is 35.8 Å². The van der Waals surface area contributed by atoms with Crippen molar-refractivity contribution in [1.29, 1.82) is 0 Å². The molecule has 0 N–H and O–H groups in total. The molecule has 5 rings (SSSR count). The summed E-state index contributed by atoms with van der Waals surface area (Å²) in [6.07, 6.45) is 6.50. The van der Waals surface area contributed by atoms with Crippen LogP contribution >= 0.6 is 11.6 Å². The number of halogens is 1. The lowest BCUT2D eigenvalue weighted by molar-refractivity contribution is -0.159. The van der Waals surface area contributed by atoms with Gasteiger partial charge in [0.2, 0.25) is 5.78 Å². The lowest BCUT2D eigenvalue weighted by atomic mass is 9.68. The van der Waals surface area contributed by atoms with Gasteiger partial charge in [-0.2, -0.15) is 0 Å². The van der Waals surface area contributed by atoms with Gasteiger partial charge in [-0.3, -0.25) is 9.59 Å². The van der Waals surface area contributed by atoms with Gasteiger partial charge in [-0.1, -0.05) is 26.2 Å². The molecule has 172 valence electrons. The summed E-state index contributed by atoms with van der Waals surface area (Å²) in [7, 11) is 3.19. The quantitative estimate of drug-likeness (QED) is 0.481. The second kappa shape index (κ2) is 8.12. The fourth-order valence-electron chi connectivity index (χ4n) is 6.74. The average Bonchev–Trinajstić information content (AvgIpc) is 3.34. The van der Waals surface area contributed by atoms with Crippen LogP contribution in [0.4, 0.5) is 0 Å². The van der Waals surface area contributed by atoms with Gasteiger partial charge in [0.25, 0.3) is 0 Å². The smallest absolute Gasteiger partial charge is 0.202 e. The molecule has 7 heteroatoms. The lowest BCUT2D eigenvalue weighted by Gasteiger charge is -2.39. The number of ether oxygens (including phenoxy) is 4. The van der Waals surface area contributed by atoms with Crippen LogP contribution in [0.15, 0.2) is 11.3 Å². The second-order valence-electron chi connectivity index (χ2n) is 10.0. The Morgan fingerprint density at radius 2 is 1.74 bits per heavy atom. The zero-order valence-electron chi connectivity index (χ0n) is 18.6. The number of allylic oxidation sites excluding steroid dienone is 1. The predicted octanol–water partition coefficient (Wildman–Crippen LogP) is 3.58. The van der Waals surface area contributed by atoms with Gasteiger partial charge in [-0.05, 0) is 18.8 Å². The molecule has 0 aromatic heterocycles. The van der Waals surface area contributed by atoms with Gasteiger partial charge in [-0.15, -0.1) is 11.6 Å². The molecule has 5 aliphatic rings. The van der Waals surface area contributed by atoms with Crippen molar-refractivity contribution in [3.8, 4) is 0 Å². The second-order valence-corrected chi connectivity index (χ2v) is 10.5. The van der Waals surface area contributed by atoms with E-state index in [4.69, 9.17) is 30.5 Å². The van der Waals surface area contributed by atoms with Crippen molar-refractivity contribution in [3.05, 3.63) is 11.3 Å². The number of hydrogen-bond acceptors (Lipinski definition) is 6. The van der Waals surface area contributed by atoms with Crippen molar-refractivity contribution in [3.63, 3.8) is 0 Å². The van der Waals surface area contributed by atoms with Crippen LogP contribution in [0.25, 0.3) is 0 Å². The van der Waals surface area contributed by atoms with Crippen LogP contribution < -0.4 is 0 Å². The standard InChI is InChI=1S/C24H33ClO6/c1-12-9-16-14(10-15(30-16)13-7-5-4-6-8-13)22(26)24(12)23(27)19-17(28-2)11-18(29-3)20(25)21(19)31-24/h12-13,15,17-21H,4-11H2,1-3H3/t12-,15-,17?,18?,19?,20?,21?,24+/m1/s1. The van der Waals surface area contributed by atoms with Gasteiger partial charge in [-0.25, -0.2) is 0 Å². The molecule has 0 bridgehead atoms. The molecule has 0 aromatic carbocycles. The molecule has 2 aliphatic heterocycles. The molecule has 2 saturated carbocycles. The Morgan fingerprint density at radius 1 is 1.03 bits per heavy atom. The summed E-state index contributed by atoms with van der Waals surface area (Å²) in [5.41, 5.74) is -0.810. The fraction of sp³-hybridized carbons (Fsp3) is 0.833. The fourth-order valence-corrected chi connectivity index (χ4v) is 7.15. The predicted molar refractivity (Wildman–Crippen MR) is 114 cm³/mol. The Labute approximate surface area is 188 Å². The molecule has 0 aromatic rings. The largest absolute Gasteiger partial charge is 0.494 e. The van der Waals surface area contributed by atoms with E-state index in [0.717, 1.165) is 18.6 Å². The highest BCUT2D eigenvalue weighted by molar-refractivity contribution is 6.24. The molecule has 0 amide bonds. The Bertz CT molecular complexity index is 789. The van der Waals surface area contributed by atoms with Crippen LogP contribution in [0.3, 0.4) is 0 Å². The number of hydrogen-bond donors (Lipinski definition) is 0. The van der Waals surface area contributed by atoms with Crippen LogP contribution in [0.2, 0.25) is 0 Å². The van der Waals surface area contributed by atoms with E-state index >= 15 is 0 Å². The van der Waals surface area contributed by atoms with E-state index in [1.54, 1.807) is 14.2 Å². The molecule has 3 aliphatic carbocycles. The molecule has 6 nitrogen and oxygen atoms in total. The van der Waals surface area contributed by atoms with Gasteiger partial charge >= 0.3 is 0 Å². The summed E-state index contributed by atoms with van der Waals surface area (Å²) in [4.78, 5) is 27.7. The maximum absolute atomic E-state index is 13.9. The number of alkyl halides is 1. The summed E-state index contributed by atoms with van der Waals surface area (Å²) < 4.78 is 23.9. The van der Waals surface area contributed by atoms with E-state index < -0.39 is 23.0 Å². The molecule has 1 saturated heterocycles. The summed E-state index contributed by atoms with van der Waals surface area (Å²) >= 11 is 6.70. The average molecular weight is 453 g/mol. The summed E-state index contributed by atoms with van der Waals surface area (Å²) in [5.74, 6) is 0.0498. The molecule has 31 heavy (non-hydrogen) atoms. The van der Waals surface area contributed by atoms with E-state index in [2.05, 4.69) is 0 Å². The topological polar surface area (TPSA) is 71.1 Å². The lowest BCUT2D eigenvalue weighted by Crippen LogP contribution is -2.54. The van der Waals surface area contributed by atoms with Crippen LogP contribution in [-0.4, -0.2) is 61.2 Å². The third-order valence-corrected chi connectivity index (χ3v) is 9.02. The minimum absolute atomic E-state index is 0.0563. The van der Waals surface area contributed by atoms with Crippen molar-refractivity contribution >= 4 is 23.2 Å². The van der Waals surface area contributed by atoms with Crippen molar-refractivity contribution < 1.29 is 28.5 Å². The van der Waals surface area contributed by atoms with Crippen molar-refractivity contribution in [2.45, 2.75) is 93.7 Å². The number of Topliss-reactive ketones (excluding diaryl/α,β-unsaturated/α-hetero) is 2. The number of carbonyl (C=O) groups is 2. The minimum Gasteiger partial charge on any atom is -0.494 e. The zero-order chi connectivity index (χ0) is 21.9. The molecular weight excluding hydrogens is 420 g/mol. The van der Waals surface area contributed by atoms with Crippen molar-refractivity contribution in [2.75, 3.05) is 14.2 Å². The summed E-state index contributed by atoms with van der Waals surface area (Å²) in [6.45, 7) is 1.92. The Morgan fingerprint density at radius 3 is 2.42 bits per heavy atom. The number of fused-ring (bicyclic) bond motifs is 1. The first-order chi connectivity index (χ1) is 14.9. The maximum Gasteiger partial charge on any atom is 0.202 e. The van der Waals surface area contributed by atoms with E-state index in [1.807, 2.05) is 6.92 Å². The Balaban J connectivity index is 1.44. The number of ketones is 2. The molecular formula is C24H33ClO6. The molecule has 5 unspecified atom stereocenters. The SMILES string of the molecule is COC1CC(OC)C2C(=O)[C@@]3(OC2C1Cl)C(=O)C1=C(C[C@H]3C)O[C@@H](C2CCCCC2)C1. The van der Waals surface area contributed by atoms with Gasteiger partial charge in [0, 0.05) is 45.0 Å². The van der Waals surface area contributed by atoms with Crippen molar-refractivity contribution in [2.24, 2.45) is 17.8 Å². The molecule has 8 atom stereocenters. The summed E-state index contributed by atoms with van der Waals surface area (Å²) in [5, 5.41) is -0.505.